The predicted octanol–water partition coefficient (Wildman–Crippen LogP) is 4.58. The molecular formula is C15H21BrO. The summed E-state index contributed by atoms with van der Waals surface area (Å²) in [5.41, 5.74) is 1.81. The highest BCUT2D eigenvalue weighted by Gasteiger charge is 2.36. The molecule has 0 aliphatic heterocycles. The Hall–Kier alpha value is -0.500. The summed E-state index contributed by atoms with van der Waals surface area (Å²) >= 11 is 3.61. The van der Waals surface area contributed by atoms with Gasteiger partial charge < -0.3 is 4.74 Å². The van der Waals surface area contributed by atoms with Gasteiger partial charge in [0.1, 0.15) is 5.75 Å². The monoisotopic (exact) mass is 296 g/mol. The van der Waals surface area contributed by atoms with Crippen molar-refractivity contribution in [2.24, 2.45) is 5.41 Å². The van der Waals surface area contributed by atoms with Crippen LogP contribution in [0.4, 0.5) is 0 Å². The average molecular weight is 297 g/mol. The van der Waals surface area contributed by atoms with Crippen molar-refractivity contribution in [3.8, 4) is 5.75 Å². The molecule has 1 fully saturated rings. The lowest BCUT2D eigenvalue weighted by molar-refractivity contribution is 0.0838. The Morgan fingerprint density at radius 2 is 1.94 bits per heavy atom. The predicted molar refractivity (Wildman–Crippen MR) is 76.0 cm³/mol. The maximum atomic E-state index is 5.91. The first-order valence-electron chi connectivity index (χ1n) is 6.56. The van der Waals surface area contributed by atoms with Gasteiger partial charge in [0, 0.05) is 10.7 Å². The molecule has 0 unspecified atom stereocenters. The lowest BCUT2D eigenvalue weighted by Gasteiger charge is -2.39. The quantitative estimate of drug-likeness (QED) is 0.698. The van der Waals surface area contributed by atoms with Crippen LogP contribution in [-0.4, -0.2) is 11.9 Å². The molecule has 2 heteroatoms. The summed E-state index contributed by atoms with van der Waals surface area (Å²) in [6, 6.07) is 8.57. The molecule has 2 rings (SSSR count). The maximum Gasteiger partial charge on any atom is 0.119 e. The van der Waals surface area contributed by atoms with Gasteiger partial charge in [0.15, 0.2) is 0 Å². The van der Waals surface area contributed by atoms with Gasteiger partial charge in [-0.15, -0.1) is 0 Å². The number of benzene rings is 1. The molecule has 1 saturated carbocycles. The number of ether oxygens (including phenoxy) is 1. The van der Waals surface area contributed by atoms with Crippen molar-refractivity contribution < 1.29 is 4.74 Å². The fourth-order valence-electron chi connectivity index (χ4n) is 2.27. The van der Waals surface area contributed by atoms with Crippen LogP contribution < -0.4 is 4.74 Å². The summed E-state index contributed by atoms with van der Waals surface area (Å²) < 4.78 is 5.91. The van der Waals surface area contributed by atoms with E-state index in [0.717, 1.165) is 24.1 Å². The van der Waals surface area contributed by atoms with Gasteiger partial charge in [0.05, 0.1) is 6.61 Å². The van der Waals surface area contributed by atoms with Gasteiger partial charge in [0.2, 0.25) is 0 Å². The molecule has 1 nitrogen and oxygen atoms in total. The fourth-order valence-corrected chi connectivity index (χ4v) is 2.99. The van der Waals surface area contributed by atoms with Gasteiger partial charge in [-0.05, 0) is 37.0 Å². The highest BCUT2D eigenvalue weighted by Crippen LogP contribution is 2.42. The minimum absolute atomic E-state index is 0.405. The zero-order valence-corrected chi connectivity index (χ0v) is 12.1. The van der Waals surface area contributed by atoms with Gasteiger partial charge in [-0.25, -0.2) is 0 Å². The molecular weight excluding hydrogens is 276 g/mol. The van der Waals surface area contributed by atoms with E-state index < -0.39 is 0 Å². The molecule has 0 saturated heterocycles. The molecule has 0 N–H and O–H groups in total. The Labute approximate surface area is 113 Å². The number of hydrogen-bond acceptors (Lipinski definition) is 1. The third-order valence-corrected chi connectivity index (χ3v) is 4.89. The van der Waals surface area contributed by atoms with Gasteiger partial charge in [0.25, 0.3) is 0 Å². The Kier molecular flexibility index (Phi) is 4.49. The summed E-state index contributed by atoms with van der Waals surface area (Å²) in [6.45, 7) is 3.06. The largest absolute Gasteiger partial charge is 0.493 e. The van der Waals surface area contributed by atoms with Crippen LogP contribution >= 0.6 is 15.9 Å². The molecule has 0 bridgehead atoms. The molecule has 0 spiro atoms. The molecule has 1 aromatic rings. The van der Waals surface area contributed by atoms with E-state index in [1.165, 1.54) is 31.2 Å². The molecule has 0 atom stereocenters. The van der Waals surface area contributed by atoms with E-state index >= 15 is 0 Å². The van der Waals surface area contributed by atoms with E-state index in [9.17, 15) is 0 Å². The molecule has 0 radical (unpaired) electrons. The molecule has 0 amide bonds. The topological polar surface area (TPSA) is 9.23 Å². The number of alkyl halides is 1. The second kappa shape index (κ2) is 5.90. The van der Waals surface area contributed by atoms with Crippen molar-refractivity contribution in [3.05, 3.63) is 29.8 Å². The van der Waals surface area contributed by atoms with Crippen LogP contribution in [0.25, 0.3) is 0 Å². The first kappa shape index (κ1) is 12.9. The summed E-state index contributed by atoms with van der Waals surface area (Å²) in [4.78, 5) is 0. The van der Waals surface area contributed by atoms with E-state index in [0.29, 0.717) is 5.41 Å². The zero-order valence-electron chi connectivity index (χ0n) is 10.5. The van der Waals surface area contributed by atoms with Crippen LogP contribution in [0.2, 0.25) is 0 Å². The van der Waals surface area contributed by atoms with E-state index in [1.54, 1.807) is 0 Å². The number of rotatable bonds is 6. The second-order valence-electron chi connectivity index (χ2n) is 5.17. The SMILES string of the molecule is CCCc1ccc(OCC2(CBr)CCC2)cc1. The lowest BCUT2D eigenvalue weighted by atomic mass is 9.71. The number of aryl methyl sites for hydroxylation is 1. The van der Waals surface area contributed by atoms with Gasteiger partial charge >= 0.3 is 0 Å². The van der Waals surface area contributed by atoms with Crippen molar-refractivity contribution in [2.75, 3.05) is 11.9 Å². The summed E-state index contributed by atoms with van der Waals surface area (Å²) in [5, 5.41) is 1.06. The van der Waals surface area contributed by atoms with Crippen molar-refractivity contribution >= 4 is 15.9 Å². The van der Waals surface area contributed by atoms with E-state index in [4.69, 9.17) is 4.74 Å². The van der Waals surface area contributed by atoms with Crippen molar-refractivity contribution in [1.29, 1.82) is 0 Å². The van der Waals surface area contributed by atoms with Crippen LogP contribution in [0.1, 0.15) is 38.2 Å². The Morgan fingerprint density at radius 1 is 1.24 bits per heavy atom. The molecule has 17 heavy (non-hydrogen) atoms. The molecule has 1 aliphatic carbocycles. The third-order valence-electron chi connectivity index (χ3n) is 3.70. The van der Waals surface area contributed by atoms with Gasteiger partial charge in [-0.2, -0.15) is 0 Å². The lowest BCUT2D eigenvalue weighted by Crippen LogP contribution is -2.37. The molecule has 1 aromatic carbocycles. The second-order valence-corrected chi connectivity index (χ2v) is 5.73. The minimum atomic E-state index is 0.405. The number of halogens is 1. The molecule has 0 heterocycles. The van der Waals surface area contributed by atoms with Crippen molar-refractivity contribution in [2.45, 2.75) is 39.0 Å². The number of hydrogen-bond donors (Lipinski definition) is 0. The minimum Gasteiger partial charge on any atom is -0.493 e. The summed E-state index contributed by atoms with van der Waals surface area (Å²) in [6.07, 6.45) is 6.31. The Morgan fingerprint density at radius 3 is 2.41 bits per heavy atom. The Balaban J connectivity index is 1.86. The first-order chi connectivity index (χ1) is 8.28. The molecule has 1 aliphatic rings. The van der Waals surface area contributed by atoms with Gasteiger partial charge in [-0.1, -0.05) is 47.8 Å². The van der Waals surface area contributed by atoms with Crippen LogP contribution in [0.15, 0.2) is 24.3 Å². The third kappa shape index (κ3) is 3.25. The van der Waals surface area contributed by atoms with Crippen molar-refractivity contribution in [3.63, 3.8) is 0 Å². The molecule has 94 valence electrons. The van der Waals surface area contributed by atoms with Crippen LogP contribution in [-0.2, 0) is 6.42 Å². The fraction of sp³-hybridized carbons (Fsp3) is 0.600. The molecule has 0 aromatic heterocycles. The summed E-state index contributed by atoms with van der Waals surface area (Å²) in [5.74, 6) is 1.01. The maximum absolute atomic E-state index is 5.91. The first-order valence-corrected chi connectivity index (χ1v) is 7.68. The van der Waals surface area contributed by atoms with Gasteiger partial charge in [-0.3, -0.25) is 0 Å². The van der Waals surface area contributed by atoms with Crippen LogP contribution in [0.5, 0.6) is 5.75 Å². The normalized spacial score (nSPS) is 17.5. The van der Waals surface area contributed by atoms with E-state index in [-0.39, 0.29) is 0 Å². The van der Waals surface area contributed by atoms with Crippen molar-refractivity contribution in [1.82, 2.24) is 0 Å². The smallest absolute Gasteiger partial charge is 0.119 e. The average Bonchev–Trinajstić information content (AvgIpc) is 2.31. The van der Waals surface area contributed by atoms with E-state index in [2.05, 4.69) is 47.1 Å². The van der Waals surface area contributed by atoms with E-state index in [1.807, 2.05) is 0 Å². The standard InChI is InChI=1S/C15H21BrO/c1-2-4-13-5-7-14(8-6-13)17-12-15(11-16)9-3-10-15/h5-8H,2-4,9-12H2,1H3. The van der Waals surface area contributed by atoms with Crippen LogP contribution in [0.3, 0.4) is 0 Å². The highest BCUT2D eigenvalue weighted by molar-refractivity contribution is 9.09. The summed E-state index contributed by atoms with van der Waals surface area (Å²) in [7, 11) is 0. The highest BCUT2D eigenvalue weighted by atomic mass is 79.9. The Bertz CT molecular complexity index is 335. The zero-order chi connectivity index (χ0) is 12.1. The van der Waals surface area contributed by atoms with Crippen LogP contribution in [0, 0.1) is 5.41 Å².